The molecule has 3 saturated carbocycles. The molecule has 3 fully saturated rings. The molecular weight excluding hydrogens is 268 g/mol. The highest BCUT2D eigenvalue weighted by Gasteiger charge is 2.83. The highest BCUT2D eigenvalue weighted by molar-refractivity contribution is 6.26. The van der Waals surface area contributed by atoms with Crippen molar-refractivity contribution in [1.29, 1.82) is 0 Å². The predicted molar refractivity (Wildman–Crippen MR) is 71.1 cm³/mol. The molecule has 106 valence electrons. The van der Waals surface area contributed by atoms with E-state index in [4.69, 9.17) is 0 Å². The second kappa shape index (κ2) is 3.16. The molecule has 0 aromatic heterocycles. The smallest absolute Gasteiger partial charge is 0.166 e. The Morgan fingerprint density at radius 1 is 0.762 bits per heavy atom. The maximum Gasteiger partial charge on any atom is 0.166 e. The maximum absolute atomic E-state index is 13.0. The molecule has 0 amide bonds. The standard InChI is InChI=1S/C17H14O4/c18-10-6-8-2-3-9-7-11(19)13-12(10)16(14(8)20)4-1-5-17(13,16)15(9)21/h6-7,12-13H,1-5H2. The van der Waals surface area contributed by atoms with Crippen LogP contribution in [0.4, 0.5) is 0 Å². The molecule has 0 N–H and O–H groups in total. The van der Waals surface area contributed by atoms with Gasteiger partial charge >= 0.3 is 0 Å². The fourth-order valence-corrected chi connectivity index (χ4v) is 6.03. The van der Waals surface area contributed by atoms with E-state index in [1.807, 2.05) is 0 Å². The van der Waals surface area contributed by atoms with E-state index in [2.05, 4.69) is 0 Å². The quantitative estimate of drug-likeness (QED) is 0.672. The van der Waals surface area contributed by atoms with E-state index in [-0.39, 0.29) is 23.1 Å². The van der Waals surface area contributed by atoms with Gasteiger partial charge in [0.05, 0.1) is 10.8 Å². The molecule has 4 nitrogen and oxygen atoms in total. The second-order valence-electron chi connectivity index (χ2n) is 7.05. The van der Waals surface area contributed by atoms with Crippen molar-refractivity contribution in [1.82, 2.24) is 0 Å². The molecule has 5 rings (SSSR count). The molecule has 4 bridgehead atoms. The zero-order valence-corrected chi connectivity index (χ0v) is 11.5. The summed E-state index contributed by atoms with van der Waals surface area (Å²) >= 11 is 0. The number of carbonyl (C=O) groups is 4. The molecule has 0 radical (unpaired) electrons. The van der Waals surface area contributed by atoms with Crippen LogP contribution in [0.1, 0.15) is 32.1 Å². The average molecular weight is 282 g/mol. The second-order valence-corrected chi connectivity index (χ2v) is 7.05. The summed E-state index contributed by atoms with van der Waals surface area (Å²) in [4.78, 5) is 51.0. The molecule has 0 aromatic rings. The van der Waals surface area contributed by atoms with E-state index < -0.39 is 22.7 Å². The largest absolute Gasteiger partial charge is 0.294 e. The normalized spacial score (nSPS) is 46.5. The summed E-state index contributed by atoms with van der Waals surface area (Å²) in [5.74, 6) is -1.39. The Morgan fingerprint density at radius 2 is 1.19 bits per heavy atom. The van der Waals surface area contributed by atoms with Crippen molar-refractivity contribution < 1.29 is 19.2 Å². The number of fused-ring (bicyclic) bond motifs is 3. The van der Waals surface area contributed by atoms with Gasteiger partial charge in [0.25, 0.3) is 0 Å². The summed E-state index contributed by atoms with van der Waals surface area (Å²) in [6.07, 6.45) is 5.66. The molecule has 0 heterocycles. The zero-order chi connectivity index (χ0) is 14.6. The van der Waals surface area contributed by atoms with Gasteiger partial charge in [-0.1, -0.05) is 6.42 Å². The van der Waals surface area contributed by atoms with Gasteiger partial charge in [-0.25, -0.2) is 0 Å². The lowest BCUT2D eigenvalue weighted by Gasteiger charge is -2.66. The van der Waals surface area contributed by atoms with Crippen molar-refractivity contribution in [2.24, 2.45) is 22.7 Å². The van der Waals surface area contributed by atoms with Crippen LogP contribution in [-0.4, -0.2) is 23.1 Å². The first-order valence-corrected chi connectivity index (χ1v) is 7.62. The zero-order valence-electron chi connectivity index (χ0n) is 11.5. The fraction of sp³-hybridized carbons (Fsp3) is 0.529. The van der Waals surface area contributed by atoms with Crippen LogP contribution in [0.5, 0.6) is 0 Å². The summed E-state index contributed by atoms with van der Waals surface area (Å²) in [6.45, 7) is 0. The monoisotopic (exact) mass is 282 g/mol. The first-order chi connectivity index (χ1) is 10.0. The lowest BCUT2D eigenvalue weighted by atomic mass is 9.31. The van der Waals surface area contributed by atoms with Crippen LogP contribution in [0.2, 0.25) is 0 Å². The third-order valence-corrected chi connectivity index (χ3v) is 6.64. The van der Waals surface area contributed by atoms with Crippen molar-refractivity contribution >= 4 is 23.1 Å². The molecule has 4 unspecified atom stereocenters. The number of ketones is 4. The molecule has 5 aliphatic carbocycles. The SMILES string of the molecule is O=C1C=C2CCC3=CC(=O)C4C1C1(CCCC41C3=O)C2=O. The van der Waals surface area contributed by atoms with Gasteiger partial charge in [0.2, 0.25) is 0 Å². The van der Waals surface area contributed by atoms with Crippen LogP contribution < -0.4 is 0 Å². The van der Waals surface area contributed by atoms with Gasteiger partial charge in [-0.15, -0.1) is 0 Å². The first-order valence-electron chi connectivity index (χ1n) is 7.62. The van der Waals surface area contributed by atoms with Crippen LogP contribution in [0.25, 0.3) is 0 Å². The van der Waals surface area contributed by atoms with Crippen molar-refractivity contribution in [3.63, 3.8) is 0 Å². The van der Waals surface area contributed by atoms with Crippen LogP contribution in [0.15, 0.2) is 23.3 Å². The number of allylic oxidation sites excluding steroid dienone is 4. The van der Waals surface area contributed by atoms with Gasteiger partial charge in [0.15, 0.2) is 23.1 Å². The number of hydrogen-bond donors (Lipinski definition) is 0. The summed E-state index contributed by atoms with van der Waals surface area (Å²) < 4.78 is 0. The molecular formula is C17H14O4. The van der Waals surface area contributed by atoms with Gasteiger partial charge in [0, 0.05) is 11.8 Å². The molecule has 21 heavy (non-hydrogen) atoms. The van der Waals surface area contributed by atoms with E-state index in [1.54, 1.807) is 0 Å². The summed E-state index contributed by atoms with van der Waals surface area (Å²) in [7, 11) is 0. The number of Topliss-reactive ketones (excluding diaryl/α,β-unsaturated/α-hetero) is 2. The fourth-order valence-electron chi connectivity index (χ4n) is 6.03. The Kier molecular flexibility index (Phi) is 1.77. The van der Waals surface area contributed by atoms with E-state index in [0.29, 0.717) is 36.8 Å². The maximum atomic E-state index is 13.0. The minimum Gasteiger partial charge on any atom is -0.294 e. The number of carbonyl (C=O) groups excluding carboxylic acids is 4. The Hall–Kier alpha value is -1.84. The molecule has 4 atom stereocenters. The summed E-state index contributed by atoms with van der Waals surface area (Å²) in [5.41, 5.74) is -0.612. The van der Waals surface area contributed by atoms with Crippen LogP contribution in [0.3, 0.4) is 0 Å². The van der Waals surface area contributed by atoms with Crippen molar-refractivity contribution in [2.45, 2.75) is 32.1 Å². The molecule has 0 aromatic carbocycles. The summed E-state index contributed by atoms with van der Waals surface area (Å²) in [5, 5.41) is 0. The number of rotatable bonds is 0. The molecule has 0 aliphatic heterocycles. The predicted octanol–water partition coefficient (Wildman–Crippen LogP) is 1.34. The molecule has 2 spiro atoms. The highest BCUT2D eigenvalue weighted by Crippen LogP contribution is 2.77. The van der Waals surface area contributed by atoms with Crippen molar-refractivity contribution in [3.8, 4) is 0 Å². The molecule has 5 aliphatic rings. The first kappa shape index (κ1) is 11.8. The van der Waals surface area contributed by atoms with Crippen molar-refractivity contribution in [2.75, 3.05) is 0 Å². The van der Waals surface area contributed by atoms with Crippen LogP contribution in [-0.2, 0) is 19.2 Å². The molecule has 0 saturated heterocycles. The summed E-state index contributed by atoms with van der Waals surface area (Å²) in [6, 6.07) is 0. The van der Waals surface area contributed by atoms with E-state index in [9.17, 15) is 19.2 Å². The van der Waals surface area contributed by atoms with Gasteiger partial charge in [-0.3, -0.25) is 19.2 Å². The average Bonchev–Trinajstić information content (AvgIpc) is 2.72. The minimum atomic E-state index is -0.883. The van der Waals surface area contributed by atoms with Crippen LogP contribution >= 0.6 is 0 Å². The third kappa shape index (κ3) is 0.911. The lowest BCUT2D eigenvalue weighted by molar-refractivity contribution is -0.199. The van der Waals surface area contributed by atoms with Crippen molar-refractivity contribution in [3.05, 3.63) is 23.3 Å². The number of hydrogen-bond acceptors (Lipinski definition) is 4. The Balaban J connectivity index is 1.90. The third-order valence-electron chi connectivity index (χ3n) is 6.64. The van der Waals surface area contributed by atoms with E-state index in [1.165, 1.54) is 12.2 Å². The minimum absolute atomic E-state index is 0.0112. The highest BCUT2D eigenvalue weighted by atomic mass is 16.2. The Labute approximate surface area is 121 Å². The van der Waals surface area contributed by atoms with Crippen LogP contribution in [0, 0.1) is 22.7 Å². The van der Waals surface area contributed by atoms with Gasteiger partial charge in [0.1, 0.15) is 0 Å². The Bertz CT molecular complexity index is 678. The van der Waals surface area contributed by atoms with E-state index in [0.717, 1.165) is 6.42 Å². The molecule has 4 heteroatoms. The van der Waals surface area contributed by atoms with E-state index >= 15 is 0 Å². The van der Waals surface area contributed by atoms with Gasteiger partial charge in [-0.05, 0) is 49.0 Å². The van der Waals surface area contributed by atoms with Gasteiger partial charge in [-0.2, -0.15) is 0 Å². The Morgan fingerprint density at radius 3 is 1.62 bits per heavy atom. The van der Waals surface area contributed by atoms with Gasteiger partial charge < -0.3 is 0 Å². The lowest BCUT2D eigenvalue weighted by Crippen LogP contribution is -2.75. The topological polar surface area (TPSA) is 68.3 Å².